The van der Waals surface area contributed by atoms with Crippen molar-refractivity contribution in [1.82, 2.24) is 19.5 Å². The summed E-state index contributed by atoms with van der Waals surface area (Å²) in [6, 6.07) is 7.43. The van der Waals surface area contributed by atoms with Crippen LogP contribution in [0.25, 0.3) is 11.4 Å². The number of carbonyl (C=O) groups excluding carboxylic acids is 1. The third kappa shape index (κ3) is 3.22. The molecular weight excluding hydrogens is 314 g/mol. The van der Waals surface area contributed by atoms with Crippen molar-refractivity contribution < 1.29 is 4.79 Å². The Balaban J connectivity index is 1.87. The molecule has 23 heavy (non-hydrogen) atoms. The summed E-state index contributed by atoms with van der Waals surface area (Å²) in [6.07, 6.45) is 5.01. The summed E-state index contributed by atoms with van der Waals surface area (Å²) in [5, 5.41) is 3.01. The van der Waals surface area contributed by atoms with Gasteiger partial charge in [0.25, 0.3) is 5.91 Å². The topological polar surface area (TPSA) is 72.7 Å². The van der Waals surface area contributed by atoms with Gasteiger partial charge in [-0.25, -0.2) is 15.0 Å². The van der Waals surface area contributed by atoms with Gasteiger partial charge < -0.3 is 9.88 Å². The number of anilines is 1. The van der Waals surface area contributed by atoms with Crippen molar-refractivity contribution in [3.05, 3.63) is 59.4 Å². The van der Waals surface area contributed by atoms with Crippen LogP contribution >= 0.6 is 11.6 Å². The summed E-state index contributed by atoms with van der Waals surface area (Å²) in [6.45, 7) is 1.70. The molecule has 3 aromatic rings. The van der Waals surface area contributed by atoms with Crippen molar-refractivity contribution in [3.63, 3.8) is 0 Å². The predicted molar refractivity (Wildman–Crippen MR) is 88.4 cm³/mol. The van der Waals surface area contributed by atoms with E-state index in [1.165, 1.54) is 6.20 Å². The van der Waals surface area contributed by atoms with E-state index in [0.717, 1.165) is 11.4 Å². The monoisotopic (exact) mass is 327 g/mol. The summed E-state index contributed by atoms with van der Waals surface area (Å²) >= 11 is 5.99. The molecule has 0 bridgehead atoms. The SMILES string of the molecule is Cc1ncc(Cl)c(C(=O)Nc2cccc(-c3nccn3C)c2)n1. The summed E-state index contributed by atoms with van der Waals surface area (Å²) < 4.78 is 1.91. The molecule has 0 aliphatic heterocycles. The fourth-order valence-electron chi connectivity index (χ4n) is 2.18. The number of benzene rings is 1. The van der Waals surface area contributed by atoms with Gasteiger partial charge in [0.1, 0.15) is 11.6 Å². The van der Waals surface area contributed by atoms with Crippen LogP contribution < -0.4 is 5.32 Å². The molecule has 0 saturated heterocycles. The van der Waals surface area contributed by atoms with Crippen molar-refractivity contribution in [1.29, 1.82) is 0 Å². The second-order valence-corrected chi connectivity index (χ2v) is 5.42. The van der Waals surface area contributed by atoms with E-state index in [9.17, 15) is 4.79 Å². The van der Waals surface area contributed by atoms with E-state index in [1.54, 1.807) is 19.2 Å². The molecule has 3 rings (SSSR count). The lowest BCUT2D eigenvalue weighted by atomic mass is 10.2. The van der Waals surface area contributed by atoms with Crippen LogP contribution in [0, 0.1) is 6.92 Å². The number of nitrogens with zero attached hydrogens (tertiary/aromatic N) is 4. The van der Waals surface area contributed by atoms with E-state index in [1.807, 2.05) is 36.0 Å². The van der Waals surface area contributed by atoms with Crippen LogP contribution in [0.2, 0.25) is 5.02 Å². The predicted octanol–water partition coefficient (Wildman–Crippen LogP) is 3.09. The van der Waals surface area contributed by atoms with Crippen LogP contribution in [0.15, 0.2) is 42.9 Å². The minimum absolute atomic E-state index is 0.154. The summed E-state index contributed by atoms with van der Waals surface area (Å²) in [7, 11) is 1.91. The number of hydrogen-bond donors (Lipinski definition) is 1. The van der Waals surface area contributed by atoms with Gasteiger partial charge in [0, 0.05) is 30.7 Å². The number of nitrogens with one attached hydrogen (secondary N) is 1. The number of aromatic nitrogens is 4. The Morgan fingerprint density at radius 3 is 2.87 bits per heavy atom. The van der Waals surface area contributed by atoms with Crippen LogP contribution in [-0.4, -0.2) is 25.4 Å². The number of carbonyl (C=O) groups is 1. The fraction of sp³-hybridized carbons (Fsp3) is 0.125. The lowest BCUT2D eigenvalue weighted by Crippen LogP contribution is -2.15. The second-order valence-electron chi connectivity index (χ2n) is 5.01. The third-order valence-electron chi connectivity index (χ3n) is 3.28. The summed E-state index contributed by atoms with van der Waals surface area (Å²) in [4.78, 5) is 24.7. The number of rotatable bonds is 3. The first-order chi connectivity index (χ1) is 11.0. The molecule has 0 saturated carbocycles. The Hall–Kier alpha value is -2.73. The molecule has 0 aliphatic carbocycles. The average molecular weight is 328 g/mol. The molecule has 0 atom stereocenters. The second kappa shape index (κ2) is 6.18. The molecule has 1 N–H and O–H groups in total. The zero-order valence-electron chi connectivity index (χ0n) is 12.6. The number of hydrogen-bond acceptors (Lipinski definition) is 4. The highest BCUT2D eigenvalue weighted by Gasteiger charge is 2.14. The number of halogens is 1. The molecular formula is C16H14ClN5O. The van der Waals surface area contributed by atoms with Crippen molar-refractivity contribution in [2.45, 2.75) is 6.92 Å². The Labute approximate surface area is 138 Å². The van der Waals surface area contributed by atoms with Crippen LogP contribution in [0.4, 0.5) is 5.69 Å². The third-order valence-corrected chi connectivity index (χ3v) is 3.56. The first kappa shape index (κ1) is 15.2. The Morgan fingerprint density at radius 2 is 2.13 bits per heavy atom. The maximum absolute atomic E-state index is 12.3. The zero-order valence-corrected chi connectivity index (χ0v) is 13.4. The fourth-order valence-corrected chi connectivity index (χ4v) is 2.36. The largest absolute Gasteiger partial charge is 0.334 e. The van der Waals surface area contributed by atoms with Crippen LogP contribution in [0.5, 0.6) is 0 Å². The molecule has 116 valence electrons. The highest BCUT2D eigenvalue weighted by atomic mass is 35.5. The molecule has 0 fully saturated rings. The first-order valence-electron chi connectivity index (χ1n) is 6.93. The van der Waals surface area contributed by atoms with Crippen LogP contribution in [0.3, 0.4) is 0 Å². The molecule has 0 aliphatic rings. The lowest BCUT2D eigenvalue weighted by Gasteiger charge is -2.08. The van der Waals surface area contributed by atoms with Gasteiger partial charge in [-0.15, -0.1) is 0 Å². The van der Waals surface area contributed by atoms with Gasteiger partial charge in [0.05, 0.1) is 11.2 Å². The quantitative estimate of drug-likeness (QED) is 0.802. The minimum atomic E-state index is -0.377. The molecule has 2 heterocycles. The van der Waals surface area contributed by atoms with E-state index in [4.69, 9.17) is 11.6 Å². The molecule has 1 amide bonds. The Morgan fingerprint density at radius 1 is 1.30 bits per heavy atom. The Bertz CT molecular complexity index is 874. The van der Waals surface area contributed by atoms with E-state index >= 15 is 0 Å². The van der Waals surface area contributed by atoms with Crippen LogP contribution in [-0.2, 0) is 7.05 Å². The molecule has 0 spiro atoms. The van der Waals surface area contributed by atoms with E-state index in [0.29, 0.717) is 11.5 Å². The molecule has 6 nitrogen and oxygen atoms in total. The first-order valence-corrected chi connectivity index (χ1v) is 7.30. The van der Waals surface area contributed by atoms with Crippen molar-refractivity contribution in [3.8, 4) is 11.4 Å². The van der Waals surface area contributed by atoms with E-state index in [2.05, 4.69) is 20.3 Å². The van der Waals surface area contributed by atoms with Crippen molar-refractivity contribution >= 4 is 23.2 Å². The van der Waals surface area contributed by atoms with Gasteiger partial charge in [-0.3, -0.25) is 4.79 Å². The molecule has 2 aromatic heterocycles. The average Bonchev–Trinajstić information content (AvgIpc) is 2.96. The van der Waals surface area contributed by atoms with Gasteiger partial charge in [-0.05, 0) is 19.1 Å². The van der Waals surface area contributed by atoms with Crippen molar-refractivity contribution in [2.75, 3.05) is 5.32 Å². The normalized spacial score (nSPS) is 10.6. The van der Waals surface area contributed by atoms with Gasteiger partial charge >= 0.3 is 0 Å². The van der Waals surface area contributed by atoms with Crippen LogP contribution in [0.1, 0.15) is 16.3 Å². The molecule has 7 heteroatoms. The van der Waals surface area contributed by atoms with Gasteiger partial charge in [-0.2, -0.15) is 0 Å². The van der Waals surface area contributed by atoms with Crippen molar-refractivity contribution in [2.24, 2.45) is 7.05 Å². The zero-order chi connectivity index (χ0) is 16.4. The van der Waals surface area contributed by atoms with E-state index < -0.39 is 0 Å². The number of imidazole rings is 1. The van der Waals surface area contributed by atoms with Gasteiger partial charge in [0.15, 0.2) is 5.69 Å². The van der Waals surface area contributed by atoms with Gasteiger partial charge in [0.2, 0.25) is 0 Å². The number of aryl methyl sites for hydroxylation is 2. The lowest BCUT2D eigenvalue weighted by molar-refractivity contribution is 0.102. The Kier molecular flexibility index (Phi) is 4.08. The molecule has 0 unspecified atom stereocenters. The number of amides is 1. The highest BCUT2D eigenvalue weighted by molar-refractivity contribution is 6.33. The van der Waals surface area contributed by atoms with Gasteiger partial charge in [-0.1, -0.05) is 23.7 Å². The summed E-state index contributed by atoms with van der Waals surface area (Å²) in [5.41, 5.74) is 1.70. The van der Waals surface area contributed by atoms with E-state index in [-0.39, 0.29) is 16.6 Å². The summed E-state index contributed by atoms with van der Waals surface area (Å²) in [5.74, 6) is 0.927. The standard InChI is InChI=1S/C16H14ClN5O/c1-10-19-9-13(17)14(20-10)16(23)21-12-5-3-4-11(8-12)15-18-6-7-22(15)2/h3-9H,1-2H3,(H,21,23). The maximum Gasteiger partial charge on any atom is 0.275 e. The minimum Gasteiger partial charge on any atom is -0.334 e. The molecule has 0 radical (unpaired) electrons. The maximum atomic E-state index is 12.3. The highest BCUT2D eigenvalue weighted by Crippen LogP contribution is 2.21. The smallest absolute Gasteiger partial charge is 0.275 e. The molecule has 1 aromatic carbocycles.